The van der Waals surface area contributed by atoms with Gasteiger partial charge >= 0.3 is 5.97 Å². The number of hydrogen-bond acceptors (Lipinski definition) is 6. The van der Waals surface area contributed by atoms with Gasteiger partial charge in [0.15, 0.2) is 0 Å². The maximum absolute atomic E-state index is 13.0. The SMILES string of the molecule is COC(=O)/C=C/c1cnc(N[C@H](CCc2ccccc2)C(=O)NCC2CCCCC2)cn1. The first-order valence-electron chi connectivity index (χ1n) is 11.3. The molecule has 3 rings (SSSR count). The van der Waals surface area contributed by atoms with Crippen LogP contribution in [-0.4, -0.2) is 41.5 Å². The van der Waals surface area contributed by atoms with Gasteiger partial charge in [-0.3, -0.25) is 9.78 Å². The van der Waals surface area contributed by atoms with Crippen LogP contribution in [0.4, 0.5) is 5.82 Å². The molecule has 0 aliphatic heterocycles. The fourth-order valence-electron chi connectivity index (χ4n) is 3.88. The molecule has 1 atom stereocenters. The zero-order valence-electron chi connectivity index (χ0n) is 18.6. The van der Waals surface area contributed by atoms with Gasteiger partial charge in [0.1, 0.15) is 11.9 Å². The number of aromatic nitrogens is 2. The van der Waals surface area contributed by atoms with Gasteiger partial charge in [0.05, 0.1) is 25.2 Å². The molecule has 0 saturated heterocycles. The zero-order valence-corrected chi connectivity index (χ0v) is 18.6. The number of nitrogens with zero attached hydrogens (tertiary/aromatic N) is 2. The van der Waals surface area contributed by atoms with Crippen molar-refractivity contribution in [3.63, 3.8) is 0 Å². The van der Waals surface area contributed by atoms with Crippen LogP contribution in [0.25, 0.3) is 6.08 Å². The van der Waals surface area contributed by atoms with Crippen molar-refractivity contribution in [2.75, 3.05) is 19.0 Å². The van der Waals surface area contributed by atoms with E-state index in [-0.39, 0.29) is 5.91 Å². The monoisotopic (exact) mass is 436 g/mol. The number of esters is 1. The quantitative estimate of drug-likeness (QED) is 0.435. The Morgan fingerprint density at radius 1 is 1.12 bits per heavy atom. The summed E-state index contributed by atoms with van der Waals surface area (Å²) in [6.45, 7) is 0.727. The molecule has 1 aromatic carbocycles. The number of carbonyl (C=O) groups excluding carboxylic acids is 2. The van der Waals surface area contributed by atoms with Gasteiger partial charge in [0, 0.05) is 12.6 Å². The Morgan fingerprint density at radius 2 is 1.91 bits per heavy atom. The van der Waals surface area contributed by atoms with Gasteiger partial charge in [-0.15, -0.1) is 0 Å². The van der Waals surface area contributed by atoms with E-state index < -0.39 is 12.0 Å². The number of rotatable bonds is 10. The van der Waals surface area contributed by atoms with Crippen LogP contribution in [0.1, 0.15) is 49.8 Å². The predicted octanol–water partition coefficient (Wildman–Crippen LogP) is 3.77. The van der Waals surface area contributed by atoms with E-state index in [1.807, 2.05) is 18.2 Å². The number of amides is 1. The number of anilines is 1. The van der Waals surface area contributed by atoms with Crippen LogP contribution in [0.15, 0.2) is 48.8 Å². The van der Waals surface area contributed by atoms with E-state index in [1.54, 1.807) is 12.4 Å². The second-order valence-electron chi connectivity index (χ2n) is 8.15. The van der Waals surface area contributed by atoms with Crippen molar-refractivity contribution < 1.29 is 14.3 Å². The molecular weight excluding hydrogens is 404 g/mol. The molecule has 1 aromatic heterocycles. The third-order valence-corrected chi connectivity index (χ3v) is 5.76. The van der Waals surface area contributed by atoms with Crippen LogP contribution in [0.3, 0.4) is 0 Å². The summed E-state index contributed by atoms with van der Waals surface area (Å²) in [4.78, 5) is 32.9. The smallest absolute Gasteiger partial charge is 0.330 e. The van der Waals surface area contributed by atoms with Gasteiger partial charge in [-0.25, -0.2) is 9.78 Å². The first-order valence-corrected chi connectivity index (χ1v) is 11.3. The number of aryl methyl sites for hydroxylation is 1. The Hall–Kier alpha value is -3.22. The fourth-order valence-corrected chi connectivity index (χ4v) is 3.88. The van der Waals surface area contributed by atoms with Crippen LogP contribution in [0, 0.1) is 5.92 Å². The number of nitrogens with one attached hydrogen (secondary N) is 2. The number of carbonyl (C=O) groups is 2. The number of benzene rings is 1. The normalized spacial score (nSPS) is 15.3. The minimum Gasteiger partial charge on any atom is -0.466 e. The number of ether oxygens (including phenoxy) is 1. The van der Waals surface area contributed by atoms with E-state index in [0.29, 0.717) is 23.9 Å². The van der Waals surface area contributed by atoms with Crippen molar-refractivity contribution in [2.45, 2.75) is 51.0 Å². The van der Waals surface area contributed by atoms with Crippen LogP contribution in [0.5, 0.6) is 0 Å². The van der Waals surface area contributed by atoms with E-state index in [2.05, 4.69) is 37.5 Å². The van der Waals surface area contributed by atoms with Crippen LogP contribution < -0.4 is 10.6 Å². The van der Waals surface area contributed by atoms with Crippen LogP contribution in [0.2, 0.25) is 0 Å². The molecule has 2 N–H and O–H groups in total. The third kappa shape index (κ3) is 7.80. The topological polar surface area (TPSA) is 93.2 Å². The van der Waals surface area contributed by atoms with Crippen molar-refractivity contribution in [3.05, 3.63) is 60.1 Å². The summed E-state index contributed by atoms with van der Waals surface area (Å²) >= 11 is 0. The summed E-state index contributed by atoms with van der Waals surface area (Å²) < 4.78 is 4.57. The van der Waals surface area contributed by atoms with Gasteiger partial charge in [-0.05, 0) is 43.2 Å². The Balaban J connectivity index is 1.62. The van der Waals surface area contributed by atoms with Gasteiger partial charge in [-0.1, -0.05) is 49.6 Å². The van der Waals surface area contributed by atoms with E-state index in [4.69, 9.17) is 0 Å². The van der Waals surface area contributed by atoms with Crippen molar-refractivity contribution in [1.82, 2.24) is 15.3 Å². The number of methoxy groups -OCH3 is 1. The standard InChI is InChI=1S/C25H32N4O3/c1-32-24(30)15-13-21-17-27-23(18-26-21)29-22(14-12-19-8-4-2-5-9-19)25(31)28-16-20-10-6-3-7-11-20/h2,4-5,8-9,13,15,17-18,20,22H,3,6-7,10-12,14,16H2,1H3,(H,27,29)(H,28,31)/b15-13+/t22-/m1/s1. The Kier molecular flexibility index (Phi) is 9.22. The lowest BCUT2D eigenvalue weighted by molar-refractivity contribution is -0.134. The van der Waals surface area contributed by atoms with Gasteiger partial charge in [-0.2, -0.15) is 0 Å². The molecule has 1 aliphatic carbocycles. The molecule has 0 radical (unpaired) electrons. The lowest BCUT2D eigenvalue weighted by Gasteiger charge is -2.24. The van der Waals surface area contributed by atoms with Crippen molar-refractivity contribution in [1.29, 1.82) is 0 Å². The van der Waals surface area contributed by atoms with E-state index in [0.717, 1.165) is 13.0 Å². The first-order chi connectivity index (χ1) is 15.6. The second-order valence-corrected chi connectivity index (χ2v) is 8.15. The molecule has 0 spiro atoms. The average Bonchev–Trinajstić information content (AvgIpc) is 2.85. The van der Waals surface area contributed by atoms with E-state index in [1.165, 1.54) is 56.9 Å². The number of hydrogen-bond donors (Lipinski definition) is 2. The van der Waals surface area contributed by atoms with E-state index >= 15 is 0 Å². The fraction of sp³-hybridized carbons (Fsp3) is 0.440. The summed E-state index contributed by atoms with van der Waals surface area (Å²) in [5, 5.41) is 6.39. The van der Waals surface area contributed by atoms with Gasteiger partial charge < -0.3 is 15.4 Å². The highest BCUT2D eigenvalue weighted by molar-refractivity contribution is 5.86. The third-order valence-electron chi connectivity index (χ3n) is 5.76. The van der Waals surface area contributed by atoms with Crippen LogP contribution in [-0.2, 0) is 20.7 Å². The Morgan fingerprint density at radius 3 is 2.59 bits per heavy atom. The molecule has 7 nitrogen and oxygen atoms in total. The maximum atomic E-state index is 13.0. The lowest BCUT2D eigenvalue weighted by atomic mass is 9.89. The Bertz CT molecular complexity index is 878. The molecule has 1 fully saturated rings. The summed E-state index contributed by atoms with van der Waals surface area (Å²) in [6, 6.07) is 9.73. The lowest BCUT2D eigenvalue weighted by Crippen LogP contribution is -2.42. The first kappa shape index (κ1) is 23.4. The highest BCUT2D eigenvalue weighted by Gasteiger charge is 2.21. The average molecular weight is 437 g/mol. The van der Waals surface area contributed by atoms with Gasteiger partial charge in [0.25, 0.3) is 0 Å². The van der Waals surface area contributed by atoms with Crippen molar-refractivity contribution in [2.24, 2.45) is 5.92 Å². The largest absolute Gasteiger partial charge is 0.466 e. The second kappa shape index (κ2) is 12.6. The van der Waals surface area contributed by atoms with Crippen molar-refractivity contribution >= 4 is 23.8 Å². The Labute approximate surface area is 189 Å². The molecule has 1 saturated carbocycles. The summed E-state index contributed by atoms with van der Waals surface area (Å²) in [7, 11) is 1.32. The molecule has 1 amide bonds. The highest BCUT2D eigenvalue weighted by Crippen LogP contribution is 2.23. The molecule has 0 unspecified atom stereocenters. The van der Waals surface area contributed by atoms with Crippen molar-refractivity contribution in [3.8, 4) is 0 Å². The molecule has 32 heavy (non-hydrogen) atoms. The molecule has 7 heteroatoms. The maximum Gasteiger partial charge on any atom is 0.330 e. The molecule has 2 aromatic rings. The minimum atomic E-state index is -0.454. The summed E-state index contributed by atoms with van der Waals surface area (Å²) in [6.07, 6.45) is 13.6. The van der Waals surface area contributed by atoms with Gasteiger partial charge in [0.2, 0.25) is 5.91 Å². The molecule has 1 aliphatic rings. The predicted molar refractivity (Wildman–Crippen MR) is 125 cm³/mol. The summed E-state index contributed by atoms with van der Waals surface area (Å²) in [5.74, 6) is 0.627. The van der Waals surface area contributed by atoms with E-state index in [9.17, 15) is 9.59 Å². The molecule has 0 bridgehead atoms. The molecule has 1 heterocycles. The molecular formula is C25H32N4O3. The van der Waals surface area contributed by atoms with Crippen LogP contribution >= 0.6 is 0 Å². The highest BCUT2D eigenvalue weighted by atomic mass is 16.5. The summed E-state index contributed by atoms with van der Waals surface area (Å²) in [5.41, 5.74) is 1.72. The minimum absolute atomic E-state index is 0.0111. The molecule has 170 valence electrons. The zero-order chi connectivity index (χ0) is 22.6.